The van der Waals surface area contributed by atoms with Gasteiger partial charge in [-0.1, -0.05) is 43.7 Å². The fraction of sp³-hybridized carbons (Fsp3) is 0.238. The Morgan fingerprint density at radius 1 is 0.917 bits per heavy atom. The van der Waals surface area contributed by atoms with E-state index < -0.39 is 0 Å². The Balaban J connectivity index is 1.66. The van der Waals surface area contributed by atoms with Crippen LogP contribution < -0.4 is 14.5 Å². The van der Waals surface area contributed by atoms with Crippen LogP contribution in [0.2, 0.25) is 0 Å². The van der Waals surface area contributed by atoms with E-state index in [1.54, 1.807) is 0 Å². The zero-order chi connectivity index (χ0) is 16.1. The number of anilines is 3. The Bertz CT molecular complexity index is 934. The number of benzene rings is 3. The van der Waals surface area contributed by atoms with Gasteiger partial charge in [-0.2, -0.15) is 0 Å². The first-order valence-electron chi connectivity index (χ1n) is 8.71. The molecule has 3 aromatic rings. The van der Waals surface area contributed by atoms with Crippen molar-refractivity contribution in [1.82, 2.24) is 0 Å². The summed E-state index contributed by atoms with van der Waals surface area (Å²) in [7, 11) is 0. The zero-order valence-corrected chi connectivity index (χ0v) is 13.8. The van der Waals surface area contributed by atoms with Crippen LogP contribution in [0.5, 0.6) is 11.5 Å². The molecule has 5 rings (SSSR count). The van der Waals surface area contributed by atoms with E-state index in [0.29, 0.717) is 0 Å². The molecule has 0 aliphatic carbocycles. The van der Waals surface area contributed by atoms with Gasteiger partial charge in [-0.3, -0.25) is 0 Å². The van der Waals surface area contributed by atoms with Gasteiger partial charge in [0.1, 0.15) is 5.69 Å². The predicted octanol–water partition coefficient (Wildman–Crippen LogP) is 5.66. The SMILES string of the molecule is CCCCN1CN2c3cc4ccccc4cc3Oc3cccc1c32. The van der Waals surface area contributed by atoms with Gasteiger partial charge in [0, 0.05) is 6.54 Å². The van der Waals surface area contributed by atoms with Crippen molar-refractivity contribution in [3.63, 3.8) is 0 Å². The summed E-state index contributed by atoms with van der Waals surface area (Å²) >= 11 is 0. The molecule has 3 nitrogen and oxygen atoms in total. The first kappa shape index (κ1) is 13.7. The molecule has 2 aliphatic heterocycles. The van der Waals surface area contributed by atoms with Crippen molar-refractivity contribution in [3.8, 4) is 11.5 Å². The molecule has 0 fully saturated rings. The van der Waals surface area contributed by atoms with Crippen molar-refractivity contribution in [2.45, 2.75) is 19.8 Å². The molecule has 2 aliphatic rings. The number of para-hydroxylation sites is 1. The molecule has 24 heavy (non-hydrogen) atoms. The molecule has 0 radical (unpaired) electrons. The number of hydrogen-bond donors (Lipinski definition) is 0. The highest BCUT2D eigenvalue weighted by Gasteiger charge is 2.34. The van der Waals surface area contributed by atoms with Crippen LogP contribution in [-0.2, 0) is 0 Å². The van der Waals surface area contributed by atoms with Crippen LogP contribution in [0.15, 0.2) is 54.6 Å². The molecular formula is C21H20N2O. The van der Waals surface area contributed by atoms with E-state index in [4.69, 9.17) is 4.74 Å². The lowest BCUT2D eigenvalue weighted by molar-refractivity contribution is 0.476. The summed E-state index contributed by atoms with van der Waals surface area (Å²) in [4.78, 5) is 4.88. The van der Waals surface area contributed by atoms with Gasteiger partial charge in [0.15, 0.2) is 11.5 Å². The Morgan fingerprint density at radius 2 is 1.75 bits per heavy atom. The first-order valence-corrected chi connectivity index (χ1v) is 8.71. The molecule has 2 heterocycles. The normalized spacial score (nSPS) is 14.5. The highest BCUT2D eigenvalue weighted by molar-refractivity contribution is 5.96. The van der Waals surface area contributed by atoms with Crippen molar-refractivity contribution in [1.29, 1.82) is 0 Å². The second-order valence-corrected chi connectivity index (χ2v) is 6.58. The van der Waals surface area contributed by atoms with E-state index in [9.17, 15) is 0 Å². The summed E-state index contributed by atoms with van der Waals surface area (Å²) in [6, 6.07) is 19.3. The minimum Gasteiger partial charge on any atom is -0.453 e. The highest BCUT2D eigenvalue weighted by Crippen LogP contribution is 2.54. The van der Waals surface area contributed by atoms with E-state index in [2.05, 4.69) is 71.3 Å². The molecule has 0 saturated carbocycles. The number of hydrogen-bond acceptors (Lipinski definition) is 3. The predicted molar refractivity (Wildman–Crippen MR) is 99.7 cm³/mol. The first-order chi connectivity index (χ1) is 11.8. The summed E-state index contributed by atoms with van der Waals surface area (Å²) in [5, 5.41) is 2.48. The largest absolute Gasteiger partial charge is 0.453 e. The summed E-state index contributed by atoms with van der Waals surface area (Å²) < 4.78 is 6.26. The van der Waals surface area contributed by atoms with Crippen LogP contribution in [0.4, 0.5) is 17.1 Å². The maximum Gasteiger partial charge on any atom is 0.153 e. The van der Waals surface area contributed by atoms with Crippen molar-refractivity contribution < 1.29 is 4.74 Å². The second kappa shape index (κ2) is 5.17. The lowest BCUT2D eigenvalue weighted by Gasteiger charge is -2.29. The minimum absolute atomic E-state index is 0.904. The van der Waals surface area contributed by atoms with Crippen LogP contribution in [0.25, 0.3) is 10.8 Å². The van der Waals surface area contributed by atoms with E-state index in [1.165, 1.54) is 40.7 Å². The third-order valence-corrected chi connectivity index (χ3v) is 5.02. The van der Waals surface area contributed by atoms with Crippen LogP contribution in [0.1, 0.15) is 19.8 Å². The number of unbranched alkanes of at least 4 members (excludes halogenated alkanes) is 1. The van der Waals surface area contributed by atoms with E-state index in [1.807, 2.05) is 0 Å². The molecule has 0 bridgehead atoms. The summed E-state index contributed by atoms with van der Waals surface area (Å²) in [5.74, 6) is 1.92. The van der Waals surface area contributed by atoms with Gasteiger partial charge in [0.2, 0.25) is 0 Å². The summed E-state index contributed by atoms with van der Waals surface area (Å²) in [6.45, 7) is 4.24. The molecule has 0 aromatic heterocycles. The van der Waals surface area contributed by atoms with Gasteiger partial charge in [-0.25, -0.2) is 0 Å². The molecule has 0 atom stereocenters. The number of nitrogens with zero attached hydrogens (tertiary/aromatic N) is 2. The molecular weight excluding hydrogens is 296 g/mol. The highest BCUT2D eigenvalue weighted by atomic mass is 16.5. The fourth-order valence-corrected chi connectivity index (χ4v) is 3.79. The molecule has 0 spiro atoms. The van der Waals surface area contributed by atoms with Gasteiger partial charge in [-0.15, -0.1) is 0 Å². The van der Waals surface area contributed by atoms with E-state index in [0.717, 1.165) is 24.7 Å². The van der Waals surface area contributed by atoms with Crippen LogP contribution in [-0.4, -0.2) is 13.2 Å². The molecule has 3 aromatic carbocycles. The van der Waals surface area contributed by atoms with Crippen molar-refractivity contribution in [2.24, 2.45) is 0 Å². The topological polar surface area (TPSA) is 15.7 Å². The smallest absolute Gasteiger partial charge is 0.153 e. The molecule has 0 amide bonds. The number of rotatable bonds is 3. The maximum absolute atomic E-state index is 6.26. The molecule has 0 unspecified atom stereocenters. The third kappa shape index (κ3) is 1.91. The molecule has 0 N–H and O–H groups in total. The van der Waals surface area contributed by atoms with Gasteiger partial charge < -0.3 is 14.5 Å². The Hall–Kier alpha value is -2.68. The van der Waals surface area contributed by atoms with Crippen molar-refractivity contribution in [3.05, 3.63) is 54.6 Å². The van der Waals surface area contributed by atoms with Gasteiger partial charge in [-0.05, 0) is 41.5 Å². The maximum atomic E-state index is 6.26. The van der Waals surface area contributed by atoms with Crippen LogP contribution >= 0.6 is 0 Å². The Labute approximate surface area is 142 Å². The standard InChI is InChI=1S/C21H20N2O/c1-2-3-11-22-14-23-18-12-15-7-4-5-8-16(15)13-20(18)24-19-10-6-9-17(22)21(19)23/h4-10,12-13H,2-3,11,14H2,1H3. The average molecular weight is 316 g/mol. The summed E-state index contributed by atoms with van der Waals surface area (Å²) in [6.07, 6.45) is 2.42. The average Bonchev–Trinajstić information content (AvgIpc) is 2.99. The van der Waals surface area contributed by atoms with Gasteiger partial charge >= 0.3 is 0 Å². The number of ether oxygens (including phenoxy) is 1. The van der Waals surface area contributed by atoms with Crippen LogP contribution in [0, 0.1) is 0 Å². The molecule has 0 saturated heterocycles. The van der Waals surface area contributed by atoms with Gasteiger partial charge in [0.25, 0.3) is 0 Å². The van der Waals surface area contributed by atoms with Crippen LogP contribution in [0.3, 0.4) is 0 Å². The van der Waals surface area contributed by atoms with Crippen molar-refractivity contribution in [2.75, 3.05) is 23.0 Å². The monoisotopic (exact) mass is 316 g/mol. The zero-order valence-electron chi connectivity index (χ0n) is 13.8. The molecule has 120 valence electrons. The lowest BCUT2D eigenvalue weighted by atomic mass is 10.1. The fourth-order valence-electron chi connectivity index (χ4n) is 3.79. The molecule has 3 heteroatoms. The van der Waals surface area contributed by atoms with E-state index in [-0.39, 0.29) is 0 Å². The second-order valence-electron chi connectivity index (χ2n) is 6.58. The van der Waals surface area contributed by atoms with Gasteiger partial charge in [0.05, 0.1) is 18.0 Å². The summed E-state index contributed by atoms with van der Waals surface area (Å²) in [5.41, 5.74) is 3.68. The quantitative estimate of drug-likeness (QED) is 0.620. The van der Waals surface area contributed by atoms with Crippen molar-refractivity contribution >= 4 is 27.8 Å². The Morgan fingerprint density at radius 3 is 2.58 bits per heavy atom. The number of fused-ring (bicyclic) bond motifs is 3. The minimum atomic E-state index is 0.904. The lowest BCUT2D eigenvalue weighted by Crippen LogP contribution is -2.29. The Kier molecular flexibility index (Phi) is 2.96. The third-order valence-electron chi connectivity index (χ3n) is 5.02. The van der Waals surface area contributed by atoms with E-state index >= 15 is 0 Å².